The highest BCUT2D eigenvalue weighted by molar-refractivity contribution is 5.15. The van der Waals surface area contributed by atoms with E-state index in [1.165, 1.54) is 95.5 Å². The van der Waals surface area contributed by atoms with Crippen LogP contribution >= 0.6 is 0 Å². The van der Waals surface area contributed by atoms with Crippen molar-refractivity contribution < 1.29 is 0 Å². The third kappa shape index (κ3) is 13.1. The lowest BCUT2D eigenvalue weighted by Gasteiger charge is -2.34. The van der Waals surface area contributed by atoms with Gasteiger partial charge in [-0.1, -0.05) is 133 Å². The highest BCUT2D eigenvalue weighted by atomic mass is 15.0. The molecule has 1 aromatic rings. The van der Waals surface area contributed by atoms with Crippen molar-refractivity contribution in [3.8, 4) is 0 Å². The van der Waals surface area contributed by atoms with Gasteiger partial charge in [0.1, 0.15) is 0 Å². The Kier molecular flexibility index (Phi) is 16.4. The maximum absolute atomic E-state index is 4.02. The van der Waals surface area contributed by atoms with E-state index in [1.54, 1.807) is 0 Å². The van der Waals surface area contributed by atoms with Gasteiger partial charge in [-0.3, -0.25) is 0 Å². The van der Waals surface area contributed by atoms with Crippen LogP contribution < -0.4 is 5.32 Å². The summed E-state index contributed by atoms with van der Waals surface area (Å²) in [6, 6.07) is 10.7. The van der Waals surface area contributed by atoms with Crippen LogP contribution in [0.2, 0.25) is 0 Å². The number of rotatable bonds is 21. The van der Waals surface area contributed by atoms with Gasteiger partial charge in [0.05, 0.1) is 0 Å². The van der Waals surface area contributed by atoms with Gasteiger partial charge in [0.15, 0.2) is 0 Å². The monoisotopic (exact) mass is 411 g/mol. The van der Waals surface area contributed by atoms with Crippen molar-refractivity contribution in [3.05, 3.63) is 61.2 Å². The standard InChI is InChI=1S/C29H49N/c1-4-7-8-9-10-11-12-13-14-15-16-17-21-26-29(24-5-2,25-6-3)30-27-28-22-19-18-20-23-28/h5-6,18-20,22-23,30H,2-4,7-17,21,24-27H2,1H3. The Hall–Kier alpha value is -1.34. The summed E-state index contributed by atoms with van der Waals surface area (Å²) < 4.78 is 0. The minimum Gasteiger partial charge on any atom is -0.307 e. The van der Waals surface area contributed by atoms with Crippen LogP contribution in [0.25, 0.3) is 0 Å². The molecule has 1 heteroatoms. The average Bonchev–Trinajstić information content (AvgIpc) is 2.76. The fourth-order valence-corrected chi connectivity index (χ4v) is 4.44. The predicted octanol–water partition coefficient (Wildman–Crippen LogP) is 9.15. The predicted molar refractivity (Wildman–Crippen MR) is 136 cm³/mol. The number of hydrogen-bond acceptors (Lipinski definition) is 1. The van der Waals surface area contributed by atoms with Gasteiger partial charge in [-0.25, -0.2) is 0 Å². The second-order valence-electron chi connectivity index (χ2n) is 9.10. The van der Waals surface area contributed by atoms with E-state index < -0.39 is 0 Å². The molecule has 30 heavy (non-hydrogen) atoms. The van der Waals surface area contributed by atoms with Crippen LogP contribution in [0.4, 0.5) is 0 Å². The molecule has 0 aromatic heterocycles. The SMILES string of the molecule is C=CCC(CC=C)(CCCCCCCCCCCCCCC)NCc1ccccc1. The van der Waals surface area contributed by atoms with Crippen LogP contribution in [0.5, 0.6) is 0 Å². The lowest BCUT2D eigenvalue weighted by atomic mass is 9.85. The zero-order chi connectivity index (χ0) is 21.8. The summed E-state index contributed by atoms with van der Waals surface area (Å²) in [6.07, 6.45) is 25.6. The van der Waals surface area contributed by atoms with Gasteiger partial charge in [-0.05, 0) is 24.8 Å². The molecule has 0 aliphatic carbocycles. The van der Waals surface area contributed by atoms with E-state index in [0.717, 1.165) is 19.4 Å². The first-order valence-corrected chi connectivity index (χ1v) is 12.8. The van der Waals surface area contributed by atoms with E-state index in [1.807, 2.05) is 0 Å². The highest BCUT2D eigenvalue weighted by Crippen LogP contribution is 2.26. The molecule has 1 N–H and O–H groups in total. The summed E-state index contributed by atoms with van der Waals surface area (Å²) in [5.41, 5.74) is 1.46. The van der Waals surface area contributed by atoms with E-state index >= 15 is 0 Å². The van der Waals surface area contributed by atoms with Crippen molar-refractivity contribution in [2.24, 2.45) is 0 Å². The van der Waals surface area contributed by atoms with E-state index in [9.17, 15) is 0 Å². The fraction of sp³-hybridized carbons (Fsp3) is 0.655. The molecule has 1 nitrogen and oxygen atoms in total. The Balaban J connectivity index is 2.18. The highest BCUT2D eigenvalue weighted by Gasteiger charge is 2.26. The molecule has 1 aromatic carbocycles. The quantitative estimate of drug-likeness (QED) is 0.157. The third-order valence-electron chi connectivity index (χ3n) is 6.34. The first-order chi connectivity index (χ1) is 14.8. The number of unbranched alkanes of at least 4 members (excludes halogenated alkanes) is 12. The van der Waals surface area contributed by atoms with Crippen LogP contribution in [0.3, 0.4) is 0 Å². The summed E-state index contributed by atoms with van der Waals surface area (Å²) in [7, 11) is 0. The largest absolute Gasteiger partial charge is 0.307 e. The van der Waals surface area contributed by atoms with Gasteiger partial charge >= 0.3 is 0 Å². The Morgan fingerprint density at radius 1 is 0.700 bits per heavy atom. The van der Waals surface area contributed by atoms with E-state index in [-0.39, 0.29) is 5.54 Å². The van der Waals surface area contributed by atoms with Crippen LogP contribution in [0.15, 0.2) is 55.6 Å². The van der Waals surface area contributed by atoms with Crippen molar-refractivity contribution >= 4 is 0 Å². The van der Waals surface area contributed by atoms with Gasteiger partial charge in [0.2, 0.25) is 0 Å². The number of hydrogen-bond donors (Lipinski definition) is 1. The summed E-state index contributed by atoms with van der Waals surface area (Å²) in [5.74, 6) is 0. The molecule has 0 unspecified atom stereocenters. The molecule has 0 aliphatic heterocycles. The van der Waals surface area contributed by atoms with Gasteiger partial charge < -0.3 is 5.32 Å². The summed E-state index contributed by atoms with van der Waals surface area (Å²) in [5, 5.41) is 3.85. The number of benzene rings is 1. The molecule has 170 valence electrons. The minimum atomic E-state index is 0.108. The van der Waals surface area contributed by atoms with Crippen molar-refractivity contribution in [2.45, 2.75) is 122 Å². The molecular formula is C29H49N. The van der Waals surface area contributed by atoms with E-state index in [0.29, 0.717) is 0 Å². The molecule has 0 radical (unpaired) electrons. The Morgan fingerprint density at radius 3 is 1.63 bits per heavy atom. The molecule has 1 rings (SSSR count). The van der Waals surface area contributed by atoms with Crippen molar-refractivity contribution in [1.82, 2.24) is 5.32 Å². The van der Waals surface area contributed by atoms with Crippen LogP contribution in [0.1, 0.15) is 115 Å². The van der Waals surface area contributed by atoms with E-state index in [2.05, 4.69) is 67.9 Å². The lowest BCUT2D eigenvalue weighted by Crippen LogP contribution is -2.44. The molecule has 0 spiro atoms. The molecule has 0 amide bonds. The molecule has 0 heterocycles. The smallest absolute Gasteiger partial charge is 0.0253 e. The van der Waals surface area contributed by atoms with Crippen molar-refractivity contribution in [2.75, 3.05) is 0 Å². The topological polar surface area (TPSA) is 12.0 Å². The van der Waals surface area contributed by atoms with Gasteiger partial charge in [-0.2, -0.15) is 0 Å². The Labute approximate surface area is 188 Å². The van der Waals surface area contributed by atoms with Crippen LogP contribution in [-0.4, -0.2) is 5.54 Å². The molecule has 0 saturated carbocycles. The van der Waals surface area contributed by atoms with Crippen molar-refractivity contribution in [3.63, 3.8) is 0 Å². The molecular weight excluding hydrogens is 362 g/mol. The lowest BCUT2D eigenvalue weighted by molar-refractivity contribution is 0.292. The molecule has 0 atom stereocenters. The van der Waals surface area contributed by atoms with Crippen LogP contribution in [-0.2, 0) is 6.54 Å². The van der Waals surface area contributed by atoms with Crippen molar-refractivity contribution in [1.29, 1.82) is 0 Å². The van der Waals surface area contributed by atoms with Gasteiger partial charge in [0, 0.05) is 12.1 Å². The zero-order valence-electron chi connectivity index (χ0n) is 20.0. The second-order valence-corrected chi connectivity index (χ2v) is 9.10. The van der Waals surface area contributed by atoms with Gasteiger partial charge in [-0.15, -0.1) is 13.2 Å². The second kappa shape index (κ2) is 18.4. The molecule has 0 saturated heterocycles. The zero-order valence-corrected chi connectivity index (χ0v) is 20.0. The summed E-state index contributed by atoms with van der Waals surface area (Å²) in [6.45, 7) is 11.3. The normalized spacial score (nSPS) is 11.5. The molecule has 0 fully saturated rings. The van der Waals surface area contributed by atoms with Crippen LogP contribution in [0, 0.1) is 0 Å². The molecule has 0 bridgehead atoms. The Bertz CT molecular complexity index is 508. The third-order valence-corrected chi connectivity index (χ3v) is 6.34. The number of nitrogens with one attached hydrogen (secondary N) is 1. The Morgan fingerprint density at radius 2 is 1.17 bits per heavy atom. The summed E-state index contributed by atoms with van der Waals surface area (Å²) >= 11 is 0. The minimum absolute atomic E-state index is 0.108. The summed E-state index contributed by atoms with van der Waals surface area (Å²) in [4.78, 5) is 0. The fourth-order valence-electron chi connectivity index (χ4n) is 4.44. The van der Waals surface area contributed by atoms with E-state index in [4.69, 9.17) is 0 Å². The average molecular weight is 412 g/mol. The first-order valence-electron chi connectivity index (χ1n) is 12.8. The maximum atomic E-state index is 4.02. The molecule has 0 aliphatic rings. The van der Waals surface area contributed by atoms with Gasteiger partial charge in [0.25, 0.3) is 0 Å². The first kappa shape index (κ1) is 26.7. The maximum Gasteiger partial charge on any atom is 0.0253 e.